The number of carboxylic acids is 1. The molecule has 2 N–H and O–H groups in total. The normalized spacial score (nSPS) is 13.3. The van der Waals surface area contributed by atoms with Crippen LogP contribution >= 0.6 is 11.6 Å². The molecule has 0 aromatic heterocycles. The Labute approximate surface area is 128 Å². The Balaban J connectivity index is 2.44. The number of aliphatic carboxylic acids is 1. The molecule has 1 unspecified atom stereocenters. The number of hydrogen-bond acceptors (Lipinski definition) is 3. The van der Waals surface area contributed by atoms with Crippen LogP contribution in [0.5, 0.6) is 5.75 Å². The summed E-state index contributed by atoms with van der Waals surface area (Å²) in [6, 6.07) is 14.0. The molecule has 0 fully saturated rings. The molecular weight excluding hydrogens is 290 g/mol. The Morgan fingerprint density at radius 3 is 2.57 bits per heavy atom. The molecule has 0 aliphatic carbocycles. The summed E-state index contributed by atoms with van der Waals surface area (Å²) in [6.45, 7) is 1.58. The lowest BCUT2D eigenvalue weighted by Gasteiger charge is -2.29. The molecule has 0 bridgehead atoms. The van der Waals surface area contributed by atoms with Crippen LogP contribution in [0.4, 0.5) is 5.69 Å². The van der Waals surface area contributed by atoms with Crippen LogP contribution in [0, 0.1) is 0 Å². The van der Waals surface area contributed by atoms with Gasteiger partial charge in [-0.05, 0) is 25.1 Å². The summed E-state index contributed by atoms with van der Waals surface area (Å²) in [5.41, 5.74) is -0.203. The second-order valence-electron chi connectivity index (χ2n) is 4.77. The van der Waals surface area contributed by atoms with Crippen LogP contribution in [0.25, 0.3) is 0 Å². The quantitative estimate of drug-likeness (QED) is 0.883. The van der Waals surface area contributed by atoms with E-state index in [1.165, 1.54) is 0 Å². The second-order valence-corrected chi connectivity index (χ2v) is 5.17. The summed E-state index contributed by atoms with van der Waals surface area (Å²) in [5, 5.41) is 13.1. The summed E-state index contributed by atoms with van der Waals surface area (Å²) in [7, 11) is 1.56. The number of anilines is 1. The van der Waals surface area contributed by atoms with Gasteiger partial charge in [-0.1, -0.05) is 35.9 Å². The summed E-state index contributed by atoms with van der Waals surface area (Å²) in [6.07, 6.45) is 0. The number of rotatable bonds is 5. The molecule has 4 nitrogen and oxygen atoms in total. The molecule has 0 aliphatic rings. The number of carbonyl (C=O) groups is 1. The second kappa shape index (κ2) is 6.06. The van der Waals surface area contributed by atoms with Crippen LogP contribution < -0.4 is 10.1 Å². The molecule has 0 saturated heterocycles. The molecule has 0 heterocycles. The third-order valence-corrected chi connectivity index (χ3v) is 3.63. The van der Waals surface area contributed by atoms with Crippen molar-refractivity contribution in [2.24, 2.45) is 0 Å². The fourth-order valence-corrected chi connectivity index (χ4v) is 2.42. The first-order chi connectivity index (χ1) is 9.97. The molecule has 5 heteroatoms. The Kier molecular flexibility index (Phi) is 4.38. The summed E-state index contributed by atoms with van der Waals surface area (Å²) in [4.78, 5) is 11.8. The number of hydrogen-bond donors (Lipinski definition) is 2. The molecular formula is C16H16ClNO3. The highest BCUT2D eigenvalue weighted by Gasteiger charge is 2.36. The predicted molar refractivity (Wildman–Crippen MR) is 83.1 cm³/mol. The SMILES string of the molecule is COc1cccc(NC(C)(C(=O)O)c2ccccc2Cl)c1. The Hall–Kier alpha value is -2.20. The number of benzene rings is 2. The van der Waals surface area contributed by atoms with Crippen LogP contribution in [0.3, 0.4) is 0 Å². The van der Waals surface area contributed by atoms with Crippen LogP contribution in [0.15, 0.2) is 48.5 Å². The zero-order valence-electron chi connectivity index (χ0n) is 11.8. The number of methoxy groups -OCH3 is 1. The maximum atomic E-state index is 11.8. The fraction of sp³-hybridized carbons (Fsp3) is 0.188. The first-order valence-corrected chi connectivity index (χ1v) is 6.76. The van der Waals surface area contributed by atoms with E-state index >= 15 is 0 Å². The Morgan fingerprint density at radius 2 is 1.95 bits per heavy atom. The minimum absolute atomic E-state index is 0.401. The van der Waals surface area contributed by atoms with Crippen molar-refractivity contribution in [1.82, 2.24) is 0 Å². The minimum Gasteiger partial charge on any atom is -0.497 e. The van der Waals surface area contributed by atoms with E-state index in [0.29, 0.717) is 22.0 Å². The van der Waals surface area contributed by atoms with E-state index in [4.69, 9.17) is 16.3 Å². The molecule has 0 amide bonds. The smallest absolute Gasteiger partial charge is 0.333 e. The molecule has 21 heavy (non-hydrogen) atoms. The highest BCUT2D eigenvalue weighted by Crippen LogP contribution is 2.32. The summed E-state index contributed by atoms with van der Waals surface area (Å²) >= 11 is 6.15. The third-order valence-electron chi connectivity index (χ3n) is 3.30. The first kappa shape index (κ1) is 15.2. The van der Waals surface area contributed by atoms with Crippen LogP contribution in [-0.2, 0) is 10.3 Å². The zero-order valence-corrected chi connectivity index (χ0v) is 12.5. The molecule has 0 aliphatic heterocycles. The van der Waals surface area contributed by atoms with Crippen molar-refractivity contribution in [2.45, 2.75) is 12.5 Å². The van der Waals surface area contributed by atoms with Crippen molar-refractivity contribution >= 4 is 23.3 Å². The minimum atomic E-state index is -1.34. The molecule has 110 valence electrons. The van der Waals surface area contributed by atoms with Crippen LogP contribution in [0.2, 0.25) is 5.02 Å². The largest absolute Gasteiger partial charge is 0.497 e. The van der Waals surface area contributed by atoms with Crippen molar-refractivity contribution in [1.29, 1.82) is 0 Å². The molecule has 0 saturated carbocycles. The van der Waals surface area contributed by atoms with E-state index < -0.39 is 11.5 Å². The van der Waals surface area contributed by atoms with Gasteiger partial charge in [0.05, 0.1) is 7.11 Å². The highest BCUT2D eigenvalue weighted by atomic mass is 35.5. The Bertz CT molecular complexity index is 659. The van der Waals surface area contributed by atoms with Crippen molar-refractivity contribution < 1.29 is 14.6 Å². The van der Waals surface area contributed by atoms with Gasteiger partial charge >= 0.3 is 5.97 Å². The van der Waals surface area contributed by atoms with Gasteiger partial charge in [0, 0.05) is 22.3 Å². The predicted octanol–water partition coefficient (Wildman–Crippen LogP) is 3.76. The van der Waals surface area contributed by atoms with Gasteiger partial charge in [-0.15, -0.1) is 0 Å². The standard InChI is InChI=1S/C16H16ClNO3/c1-16(15(19)20,13-8-3-4-9-14(13)17)18-11-6-5-7-12(10-11)21-2/h3-10,18H,1-2H3,(H,19,20). The lowest BCUT2D eigenvalue weighted by atomic mass is 9.91. The van der Waals surface area contributed by atoms with Gasteiger partial charge in [-0.3, -0.25) is 0 Å². The van der Waals surface area contributed by atoms with Gasteiger partial charge in [-0.2, -0.15) is 0 Å². The number of ether oxygens (including phenoxy) is 1. The van der Waals surface area contributed by atoms with Gasteiger partial charge in [0.25, 0.3) is 0 Å². The topological polar surface area (TPSA) is 58.6 Å². The van der Waals surface area contributed by atoms with E-state index in [9.17, 15) is 9.90 Å². The maximum absolute atomic E-state index is 11.8. The molecule has 2 aromatic carbocycles. The average molecular weight is 306 g/mol. The lowest BCUT2D eigenvalue weighted by Crippen LogP contribution is -2.40. The average Bonchev–Trinajstić information content (AvgIpc) is 2.47. The van der Waals surface area contributed by atoms with Crippen molar-refractivity contribution in [3.05, 3.63) is 59.1 Å². The summed E-state index contributed by atoms with van der Waals surface area (Å²) < 4.78 is 5.15. The maximum Gasteiger partial charge on any atom is 0.333 e. The van der Waals surface area contributed by atoms with E-state index in [1.807, 2.05) is 0 Å². The van der Waals surface area contributed by atoms with Gasteiger partial charge in [0.1, 0.15) is 5.75 Å². The molecule has 2 aromatic rings. The number of halogens is 1. The van der Waals surface area contributed by atoms with Crippen LogP contribution in [-0.4, -0.2) is 18.2 Å². The van der Waals surface area contributed by atoms with Gasteiger partial charge in [0.2, 0.25) is 0 Å². The lowest BCUT2D eigenvalue weighted by molar-refractivity contribution is -0.142. The molecule has 1 atom stereocenters. The Morgan fingerprint density at radius 1 is 1.24 bits per heavy atom. The molecule has 0 spiro atoms. The third kappa shape index (κ3) is 3.11. The molecule has 0 radical (unpaired) electrons. The molecule has 2 rings (SSSR count). The van der Waals surface area contributed by atoms with E-state index in [0.717, 1.165) is 0 Å². The monoisotopic (exact) mass is 305 g/mol. The van der Waals surface area contributed by atoms with Crippen molar-refractivity contribution in [3.63, 3.8) is 0 Å². The van der Waals surface area contributed by atoms with Gasteiger partial charge < -0.3 is 15.2 Å². The van der Waals surface area contributed by atoms with Crippen LogP contribution in [0.1, 0.15) is 12.5 Å². The van der Waals surface area contributed by atoms with E-state index in [2.05, 4.69) is 5.32 Å². The van der Waals surface area contributed by atoms with Gasteiger partial charge in [0.15, 0.2) is 5.54 Å². The van der Waals surface area contributed by atoms with Crippen molar-refractivity contribution in [3.8, 4) is 5.75 Å². The van der Waals surface area contributed by atoms with Gasteiger partial charge in [-0.25, -0.2) is 4.79 Å². The summed E-state index contributed by atoms with van der Waals surface area (Å²) in [5.74, 6) is -0.370. The van der Waals surface area contributed by atoms with Crippen molar-refractivity contribution in [2.75, 3.05) is 12.4 Å². The fourth-order valence-electron chi connectivity index (χ4n) is 2.09. The highest BCUT2D eigenvalue weighted by molar-refractivity contribution is 6.31. The first-order valence-electron chi connectivity index (χ1n) is 6.38. The zero-order chi connectivity index (χ0) is 15.5. The van der Waals surface area contributed by atoms with E-state index in [-0.39, 0.29) is 0 Å². The number of nitrogens with one attached hydrogen (secondary N) is 1. The number of carboxylic acid groups (broad SMARTS) is 1. The van der Waals surface area contributed by atoms with E-state index in [1.54, 1.807) is 62.6 Å².